The quantitative estimate of drug-likeness (QED) is 0.831. The van der Waals surface area contributed by atoms with Crippen LogP contribution in [0.1, 0.15) is 12.5 Å². The van der Waals surface area contributed by atoms with Crippen molar-refractivity contribution in [1.82, 2.24) is 4.31 Å². The van der Waals surface area contributed by atoms with Crippen LogP contribution in [0.25, 0.3) is 5.57 Å². The summed E-state index contributed by atoms with van der Waals surface area (Å²) in [4.78, 5) is 12.2. The van der Waals surface area contributed by atoms with Crippen molar-refractivity contribution >= 4 is 27.2 Å². The molecule has 0 radical (unpaired) electrons. The smallest absolute Gasteiger partial charge is 0.248 e. The summed E-state index contributed by atoms with van der Waals surface area (Å²) in [5, 5.41) is 2.63. The van der Waals surface area contributed by atoms with Gasteiger partial charge in [0.25, 0.3) is 0 Å². The molecule has 1 amide bonds. The molecule has 5 nitrogen and oxygen atoms in total. The van der Waals surface area contributed by atoms with E-state index in [2.05, 4.69) is 5.32 Å². The van der Waals surface area contributed by atoms with Gasteiger partial charge in [-0.2, -0.15) is 0 Å². The summed E-state index contributed by atoms with van der Waals surface area (Å²) < 4.78 is 38.3. The first-order chi connectivity index (χ1) is 11.7. The molecule has 0 spiro atoms. The summed E-state index contributed by atoms with van der Waals surface area (Å²) in [5.74, 6) is -0.749. The van der Waals surface area contributed by atoms with Crippen molar-refractivity contribution in [1.29, 1.82) is 0 Å². The van der Waals surface area contributed by atoms with Crippen LogP contribution in [-0.2, 0) is 14.8 Å². The molecule has 2 aromatic rings. The third-order valence-corrected chi connectivity index (χ3v) is 5.34. The van der Waals surface area contributed by atoms with Crippen LogP contribution in [0.2, 0.25) is 0 Å². The van der Waals surface area contributed by atoms with Crippen LogP contribution in [0.4, 0.5) is 10.1 Å². The lowest BCUT2D eigenvalue weighted by atomic mass is 10.1. The molecule has 132 valence electrons. The Morgan fingerprint density at radius 1 is 1.12 bits per heavy atom. The van der Waals surface area contributed by atoms with E-state index in [0.717, 1.165) is 9.87 Å². The van der Waals surface area contributed by atoms with E-state index in [0.29, 0.717) is 11.3 Å². The van der Waals surface area contributed by atoms with Crippen LogP contribution in [0, 0.1) is 5.82 Å². The van der Waals surface area contributed by atoms with Gasteiger partial charge >= 0.3 is 0 Å². The number of halogens is 1. The summed E-state index contributed by atoms with van der Waals surface area (Å²) in [6.07, 6.45) is 1.38. The first-order valence-electron chi connectivity index (χ1n) is 7.48. The van der Waals surface area contributed by atoms with Gasteiger partial charge in [0, 0.05) is 25.9 Å². The highest BCUT2D eigenvalue weighted by Crippen LogP contribution is 2.19. The highest BCUT2D eigenvalue weighted by molar-refractivity contribution is 7.89. The number of anilines is 1. The SMILES string of the molecule is C/C(=C\C(=O)Nc1cccc(S(=O)(=O)N(C)C)c1)c1ccc(F)cc1. The fourth-order valence-electron chi connectivity index (χ4n) is 2.12. The van der Waals surface area contributed by atoms with E-state index in [1.807, 2.05) is 0 Å². The van der Waals surface area contributed by atoms with E-state index < -0.39 is 15.9 Å². The van der Waals surface area contributed by atoms with Crippen molar-refractivity contribution in [3.05, 3.63) is 66.0 Å². The second-order valence-corrected chi connectivity index (χ2v) is 7.79. The fraction of sp³-hybridized carbons (Fsp3) is 0.167. The van der Waals surface area contributed by atoms with E-state index in [9.17, 15) is 17.6 Å². The van der Waals surface area contributed by atoms with Crippen molar-refractivity contribution < 1.29 is 17.6 Å². The molecule has 25 heavy (non-hydrogen) atoms. The summed E-state index contributed by atoms with van der Waals surface area (Å²) >= 11 is 0. The molecule has 0 atom stereocenters. The molecule has 0 bridgehead atoms. The van der Waals surface area contributed by atoms with E-state index in [1.54, 1.807) is 31.2 Å². The van der Waals surface area contributed by atoms with E-state index in [4.69, 9.17) is 0 Å². The lowest BCUT2D eigenvalue weighted by Crippen LogP contribution is -2.22. The van der Waals surface area contributed by atoms with Crippen molar-refractivity contribution in [3.63, 3.8) is 0 Å². The summed E-state index contributed by atoms with van der Waals surface area (Å²) in [6.45, 7) is 1.74. The number of hydrogen-bond donors (Lipinski definition) is 1. The van der Waals surface area contributed by atoms with Crippen LogP contribution in [-0.4, -0.2) is 32.7 Å². The fourth-order valence-corrected chi connectivity index (χ4v) is 3.06. The first kappa shape index (κ1) is 18.8. The molecule has 0 aliphatic carbocycles. The van der Waals surface area contributed by atoms with E-state index >= 15 is 0 Å². The summed E-state index contributed by atoms with van der Waals surface area (Å²) in [5.41, 5.74) is 1.76. The number of carbonyl (C=O) groups excluding carboxylic acids is 1. The largest absolute Gasteiger partial charge is 0.322 e. The number of sulfonamides is 1. The minimum atomic E-state index is -3.57. The number of hydrogen-bond acceptors (Lipinski definition) is 3. The van der Waals surface area contributed by atoms with Crippen molar-refractivity contribution in [2.45, 2.75) is 11.8 Å². The number of allylic oxidation sites excluding steroid dienone is 1. The summed E-state index contributed by atoms with van der Waals surface area (Å²) in [6, 6.07) is 11.8. The molecule has 0 heterocycles. The molecule has 0 saturated heterocycles. The molecule has 2 aromatic carbocycles. The second kappa shape index (κ2) is 7.58. The maximum atomic E-state index is 12.9. The highest BCUT2D eigenvalue weighted by atomic mass is 32.2. The zero-order chi connectivity index (χ0) is 18.6. The monoisotopic (exact) mass is 362 g/mol. The Morgan fingerprint density at radius 3 is 2.36 bits per heavy atom. The van der Waals surface area contributed by atoms with Gasteiger partial charge in [-0.15, -0.1) is 0 Å². The van der Waals surface area contributed by atoms with Gasteiger partial charge in [-0.25, -0.2) is 17.1 Å². The average molecular weight is 362 g/mol. The third kappa shape index (κ3) is 4.74. The Kier molecular flexibility index (Phi) is 5.71. The van der Waals surface area contributed by atoms with Gasteiger partial charge in [-0.3, -0.25) is 4.79 Å². The van der Waals surface area contributed by atoms with E-state index in [1.165, 1.54) is 44.4 Å². The molecule has 7 heteroatoms. The van der Waals surface area contributed by atoms with Crippen LogP contribution >= 0.6 is 0 Å². The Hall–Kier alpha value is -2.51. The second-order valence-electron chi connectivity index (χ2n) is 5.64. The Morgan fingerprint density at radius 2 is 1.76 bits per heavy atom. The number of nitrogens with zero attached hydrogens (tertiary/aromatic N) is 1. The molecule has 2 rings (SSSR count). The Bertz CT molecular complexity index is 904. The van der Waals surface area contributed by atoms with Crippen molar-refractivity contribution in [2.24, 2.45) is 0 Å². The minimum Gasteiger partial charge on any atom is -0.322 e. The molecular weight excluding hydrogens is 343 g/mol. The topological polar surface area (TPSA) is 66.5 Å². The molecule has 0 aromatic heterocycles. The lowest BCUT2D eigenvalue weighted by Gasteiger charge is -2.12. The van der Waals surface area contributed by atoms with Gasteiger partial charge in [-0.1, -0.05) is 18.2 Å². The first-order valence-corrected chi connectivity index (χ1v) is 8.92. The van der Waals surface area contributed by atoms with Crippen molar-refractivity contribution in [3.8, 4) is 0 Å². The van der Waals surface area contributed by atoms with Crippen LogP contribution in [0.15, 0.2) is 59.5 Å². The Balaban J connectivity index is 2.18. The van der Waals surface area contributed by atoms with Gasteiger partial charge in [0.2, 0.25) is 15.9 Å². The van der Waals surface area contributed by atoms with Gasteiger partial charge in [0.15, 0.2) is 0 Å². The summed E-state index contributed by atoms with van der Waals surface area (Å²) in [7, 11) is -0.694. The number of nitrogens with one attached hydrogen (secondary N) is 1. The number of benzene rings is 2. The molecule has 1 N–H and O–H groups in total. The molecule has 0 aliphatic rings. The molecule has 0 fully saturated rings. The predicted molar refractivity (Wildman–Crippen MR) is 96.0 cm³/mol. The lowest BCUT2D eigenvalue weighted by molar-refractivity contribution is -0.111. The van der Waals surface area contributed by atoms with Gasteiger partial charge in [0.1, 0.15) is 5.82 Å². The number of carbonyl (C=O) groups is 1. The van der Waals surface area contributed by atoms with Crippen LogP contribution in [0.3, 0.4) is 0 Å². The van der Waals surface area contributed by atoms with Crippen LogP contribution < -0.4 is 5.32 Å². The highest BCUT2D eigenvalue weighted by Gasteiger charge is 2.17. The van der Waals surface area contributed by atoms with Crippen LogP contribution in [0.5, 0.6) is 0 Å². The maximum Gasteiger partial charge on any atom is 0.248 e. The normalized spacial score (nSPS) is 12.3. The third-order valence-electron chi connectivity index (χ3n) is 3.53. The predicted octanol–water partition coefficient (Wildman–Crippen LogP) is 3.12. The number of rotatable bonds is 5. The van der Waals surface area contributed by atoms with Gasteiger partial charge in [0.05, 0.1) is 4.90 Å². The van der Waals surface area contributed by atoms with E-state index in [-0.39, 0.29) is 10.7 Å². The standard InChI is InChI=1S/C18H19FN2O3S/c1-13(14-7-9-15(19)10-8-14)11-18(22)20-16-5-4-6-17(12-16)25(23,24)21(2)3/h4-12H,1-3H3,(H,20,22)/b13-11+. The average Bonchev–Trinajstić information content (AvgIpc) is 2.55. The zero-order valence-electron chi connectivity index (χ0n) is 14.2. The number of amides is 1. The Labute approximate surface area is 146 Å². The molecular formula is C18H19FN2O3S. The zero-order valence-corrected chi connectivity index (χ0v) is 15.0. The maximum absolute atomic E-state index is 12.9. The minimum absolute atomic E-state index is 0.0922. The van der Waals surface area contributed by atoms with Gasteiger partial charge < -0.3 is 5.32 Å². The van der Waals surface area contributed by atoms with Gasteiger partial charge in [-0.05, 0) is 48.4 Å². The van der Waals surface area contributed by atoms with Crippen molar-refractivity contribution in [2.75, 3.05) is 19.4 Å². The molecule has 0 aliphatic heterocycles. The molecule has 0 unspecified atom stereocenters. The molecule has 0 saturated carbocycles.